The average Bonchev–Trinajstić information content (AvgIpc) is 2.47. The van der Waals surface area contributed by atoms with Crippen LogP contribution in [0.25, 0.3) is 0 Å². The molecular weight excluding hydrogens is 232 g/mol. The molecule has 0 heterocycles. The van der Waals surface area contributed by atoms with Crippen molar-refractivity contribution in [2.24, 2.45) is 11.8 Å². The van der Waals surface area contributed by atoms with Crippen LogP contribution in [0.4, 0.5) is 0 Å². The molecule has 19 heavy (non-hydrogen) atoms. The van der Waals surface area contributed by atoms with Gasteiger partial charge in [-0.1, -0.05) is 31.1 Å². The summed E-state index contributed by atoms with van der Waals surface area (Å²) in [6, 6.07) is 8.52. The maximum Gasteiger partial charge on any atom is 0.118 e. The molecule has 0 amide bonds. The number of aryl methyl sites for hydroxylation is 1. The van der Waals surface area contributed by atoms with E-state index in [4.69, 9.17) is 4.74 Å². The first-order chi connectivity index (χ1) is 9.31. The zero-order chi connectivity index (χ0) is 13.5. The van der Waals surface area contributed by atoms with E-state index in [2.05, 4.69) is 36.9 Å². The van der Waals surface area contributed by atoms with Gasteiger partial charge in [0, 0.05) is 0 Å². The van der Waals surface area contributed by atoms with Crippen molar-refractivity contribution in [2.45, 2.75) is 44.9 Å². The predicted octanol–water partition coefficient (Wildman–Crippen LogP) is 5.01. The number of hydrogen-bond acceptors (Lipinski definition) is 1. The molecule has 1 aromatic rings. The molecule has 0 atom stereocenters. The quantitative estimate of drug-likeness (QED) is 0.652. The summed E-state index contributed by atoms with van der Waals surface area (Å²) < 4.78 is 5.19. The van der Waals surface area contributed by atoms with Gasteiger partial charge in [0.15, 0.2) is 0 Å². The van der Waals surface area contributed by atoms with Gasteiger partial charge in [-0.15, -0.1) is 6.58 Å². The minimum absolute atomic E-state index is 0.912. The first-order valence-corrected chi connectivity index (χ1v) is 7.55. The van der Waals surface area contributed by atoms with Gasteiger partial charge in [-0.2, -0.15) is 0 Å². The Balaban J connectivity index is 1.72. The summed E-state index contributed by atoms with van der Waals surface area (Å²) in [4.78, 5) is 0. The van der Waals surface area contributed by atoms with Crippen LogP contribution in [0.15, 0.2) is 36.9 Å². The Labute approximate surface area is 117 Å². The lowest BCUT2D eigenvalue weighted by atomic mass is 9.78. The Hall–Kier alpha value is -1.24. The van der Waals surface area contributed by atoms with Gasteiger partial charge in [-0.25, -0.2) is 0 Å². The third-order valence-electron chi connectivity index (χ3n) is 4.47. The second kappa shape index (κ2) is 7.37. The van der Waals surface area contributed by atoms with E-state index in [-0.39, 0.29) is 0 Å². The van der Waals surface area contributed by atoms with Crippen molar-refractivity contribution in [1.82, 2.24) is 0 Å². The Kier molecular flexibility index (Phi) is 5.50. The highest BCUT2D eigenvalue weighted by atomic mass is 16.5. The molecule has 1 fully saturated rings. The van der Waals surface area contributed by atoms with Crippen LogP contribution < -0.4 is 4.74 Å². The van der Waals surface area contributed by atoms with E-state index in [9.17, 15) is 0 Å². The minimum atomic E-state index is 0.912. The van der Waals surface area contributed by atoms with Gasteiger partial charge in [0.1, 0.15) is 5.75 Å². The third kappa shape index (κ3) is 4.41. The van der Waals surface area contributed by atoms with Crippen molar-refractivity contribution in [3.63, 3.8) is 0 Å². The minimum Gasteiger partial charge on any atom is -0.497 e. The SMILES string of the molecule is C=CC[C@H]1CC[C@H](CCc2ccc(OC)cc2)CC1. The van der Waals surface area contributed by atoms with Crippen molar-refractivity contribution in [1.29, 1.82) is 0 Å². The monoisotopic (exact) mass is 258 g/mol. The first kappa shape index (κ1) is 14.2. The van der Waals surface area contributed by atoms with Gasteiger partial charge in [0.2, 0.25) is 0 Å². The molecule has 0 bridgehead atoms. The number of rotatable bonds is 6. The summed E-state index contributed by atoms with van der Waals surface area (Å²) in [6.07, 6.45) is 11.5. The number of methoxy groups -OCH3 is 1. The second-order valence-corrected chi connectivity index (χ2v) is 5.80. The first-order valence-electron chi connectivity index (χ1n) is 7.55. The van der Waals surface area contributed by atoms with Crippen molar-refractivity contribution >= 4 is 0 Å². The standard InChI is InChI=1S/C18H26O/c1-3-4-15-5-7-16(8-6-15)9-10-17-11-13-18(19-2)14-12-17/h3,11-16H,1,4-10H2,2H3/t15-,16-. The lowest BCUT2D eigenvalue weighted by molar-refractivity contribution is 0.265. The Morgan fingerprint density at radius 2 is 1.74 bits per heavy atom. The molecule has 1 saturated carbocycles. The molecule has 2 rings (SSSR count). The lowest BCUT2D eigenvalue weighted by Gasteiger charge is -2.27. The molecule has 0 saturated heterocycles. The van der Waals surface area contributed by atoms with Crippen LogP contribution in [-0.2, 0) is 6.42 Å². The molecular formula is C18H26O. The highest BCUT2D eigenvalue weighted by Gasteiger charge is 2.19. The number of ether oxygens (including phenoxy) is 1. The Morgan fingerprint density at radius 3 is 2.32 bits per heavy atom. The van der Waals surface area contributed by atoms with Crippen molar-refractivity contribution in [2.75, 3.05) is 7.11 Å². The molecule has 0 aliphatic heterocycles. The van der Waals surface area contributed by atoms with E-state index in [1.54, 1.807) is 7.11 Å². The van der Waals surface area contributed by atoms with Gasteiger partial charge in [0.05, 0.1) is 7.11 Å². The number of allylic oxidation sites excluding steroid dienone is 1. The Morgan fingerprint density at radius 1 is 1.11 bits per heavy atom. The summed E-state index contributed by atoms with van der Waals surface area (Å²) in [5, 5.41) is 0. The van der Waals surface area contributed by atoms with Crippen LogP contribution in [0.5, 0.6) is 5.75 Å². The van der Waals surface area contributed by atoms with Crippen molar-refractivity contribution < 1.29 is 4.74 Å². The van der Waals surface area contributed by atoms with E-state index >= 15 is 0 Å². The summed E-state index contributed by atoms with van der Waals surface area (Å²) in [7, 11) is 1.72. The molecule has 1 nitrogen and oxygen atoms in total. The van der Waals surface area contributed by atoms with Gasteiger partial charge < -0.3 is 4.74 Å². The van der Waals surface area contributed by atoms with Crippen LogP contribution >= 0.6 is 0 Å². The average molecular weight is 258 g/mol. The summed E-state index contributed by atoms with van der Waals surface area (Å²) in [6.45, 7) is 3.85. The van der Waals surface area contributed by atoms with Crippen LogP contribution in [-0.4, -0.2) is 7.11 Å². The second-order valence-electron chi connectivity index (χ2n) is 5.80. The van der Waals surface area contributed by atoms with Gasteiger partial charge in [0.25, 0.3) is 0 Å². The summed E-state index contributed by atoms with van der Waals surface area (Å²) in [5.41, 5.74) is 1.44. The molecule has 0 aromatic heterocycles. The molecule has 1 aromatic carbocycles. The maximum atomic E-state index is 5.19. The molecule has 1 aliphatic carbocycles. The highest BCUT2D eigenvalue weighted by molar-refractivity contribution is 5.27. The molecule has 0 N–H and O–H groups in total. The fourth-order valence-electron chi connectivity index (χ4n) is 3.15. The van der Waals surface area contributed by atoms with E-state index < -0.39 is 0 Å². The van der Waals surface area contributed by atoms with Crippen LogP contribution in [0, 0.1) is 11.8 Å². The number of benzene rings is 1. The zero-order valence-corrected chi connectivity index (χ0v) is 12.1. The fraction of sp³-hybridized carbons (Fsp3) is 0.556. The third-order valence-corrected chi connectivity index (χ3v) is 4.47. The fourth-order valence-corrected chi connectivity index (χ4v) is 3.15. The normalized spacial score (nSPS) is 23.0. The molecule has 0 spiro atoms. The smallest absolute Gasteiger partial charge is 0.118 e. The van der Waals surface area contributed by atoms with Crippen LogP contribution in [0.3, 0.4) is 0 Å². The Bertz CT molecular complexity index is 371. The van der Waals surface area contributed by atoms with Gasteiger partial charge in [-0.3, -0.25) is 0 Å². The predicted molar refractivity (Wildman–Crippen MR) is 81.6 cm³/mol. The summed E-state index contributed by atoms with van der Waals surface area (Å²) >= 11 is 0. The van der Waals surface area contributed by atoms with Crippen molar-refractivity contribution in [3.8, 4) is 5.75 Å². The molecule has 1 heteroatoms. The molecule has 104 valence electrons. The van der Waals surface area contributed by atoms with E-state index in [0.717, 1.165) is 17.6 Å². The molecule has 1 aliphatic rings. The topological polar surface area (TPSA) is 9.23 Å². The van der Waals surface area contributed by atoms with E-state index in [1.807, 2.05) is 0 Å². The number of hydrogen-bond donors (Lipinski definition) is 0. The largest absolute Gasteiger partial charge is 0.497 e. The van der Waals surface area contributed by atoms with Gasteiger partial charge in [-0.05, 0) is 61.6 Å². The summed E-state index contributed by atoms with van der Waals surface area (Å²) in [5.74, 6) is 2.80. The maximum absolute atomic E-state index is 5.19. The highest BCUT2D eigenvalue weighted by Crippen LogP contribution is 2.33. The van der Waals surface area contributed by atoms with E-state index in [1.165, 1.54) is 50.5 Å². The molecule has 0 radical (unpaired) electrons. The lowest BCUT2D eigenvalue weighted by Crippen LogP contribution is -2.14. The van der Waals surface area contributed by atoms with E-state index in [0.29, 0.717) is 0 Å². The van der Waals surface area contributed by atoms with Crippen LogP contribution in [0.1, 0.15) is 44.1 Å². The van der Waals surface area contributed by atoms with Crippen molar-refractivity contribution in [3.05, 3.63) is 42.5 Å². The molecule has 0 unspecified atom stereocenters. The van der Waals surface area contributed by atoms with Crippen LogP contribution in [0.2, 0.25) is 0 Å². The van der Waals surface area contributed by atoms with Gasteiger partial charge >= 0.3 is 0 Å². The zero-order valence-electron chi connectivity index (χ0n) is 12.1.